The number of amidine groups is 1. The monoisotopic (exact) mass is 324 g/mol. The average Bonchev–Trinajstić information content (AvgIpc) is 2.45. The lowest BCUT2D eigenvalue weighted by atomic mass is 9.80. The minimum atomic E-state index is -4.28. The van der Waals surface area contributed by atoms with Gasteiger partial charge in [-0.25, -0.2) is 4.39 Å². The fourth-order valence-electron chi connectivity index (χ4n) is 2.68. The molecular weight excluding hydrogens is 304 g/mol. The van der Waals surface area contributed by atoms with E-state index in [1.807, 2.05) is 6.26 Å². The fourth-order valence-corrected chi connectivity index (χ4v) is 3.15. The van der Waals surface area contributed by atoms with Crippen molar-refractivity contribution in [2.24, 2.45) is 16.8 Å². The van der Waals surface area contributed by atoms with Crippen molar-refractivity contribution in [2.45, 2.75) is 36.9 Å². The van der Waals surface area contributed by atoms with E-state index in [2.05, 4.69) is 10.3 Å². The van der Waals surface area contributed by atoms with E-state index in [0.717, 1.165) is 6.54 Å². The molecule has 1 saturated carbocycles. The zero-order valence-corrected chi connectivity index (χ0v) is 12.7. The maximum atomic E-state index is 13.9. The van der Waals surface area contributed by atoms with E-state index in [9.17, 15) is 17.6 Å². The standard InChI is InChI=1S/C14H20F4N2S/c1-21-11-7-19-13(20-8-11)5-3-9-2-4-10(6-12(9)15)14(16,17)18/h3,5,9-12H,2,4,6-8H2,1H3,(H,19,20)/b5-3+. The Bertz CT molecular complexity index is 408. The predicted molar refractivity (Wildman–Crippen MR) is 78.5 cm³/mol. The third-order valence-corrected chi connectivity index (χ3v) is 5.08. The molecule has 0 aromatic rings. The van der Waals surface area contributed by atoms with Crippen molar-refractivity contribution in [3.63, 3.8) is 0 Å². The number of alkyl halides is 4. The van der Waals surface area contributed by atoms with Crippen molar-refractivity contribution in [1.29, 1.82) is 0 Å². The van der Waals surface area contributed by atoms with Crippen molar-refractivity contribution in [3.8, 4) is 0 Å². The summed E-state index contributed by atoms with van der Waals surface area (Å²) in [5.41, 5.74) is 0. The molecule has 2 nitrogen and oxygen atoms in total. The second kappa shape index (κ2) is 7.03. The lowest BCUT2D eigenvalue weighted by Crippen LogP contribution is -2.37. The van der Waals surface area contributed by atoms with Crippen molar-refractivity contribution in [3.05, 3.63) is 12.2 Å². The molecule has 1 heterocycles. The molecule has 0 radical (unpaired) electrons. The second-order valence-corrected chi connectivity index (χ2v) is 6.69. The summed E-state index contributed by atoms with van der Waals surface area (Å²) in [6.07, 6.45) is -0.478. The molecule has 4 atom stereocenters. The van der Waals surface area contributed by atoms with Gasteiger partial charge in [0.2, 0.25) is 0 Å². The van der Waals surface area contributed by atoms with Crippen LogP contribution in [0.25, 0.3) is 0 Å². The van der Waals surface area contributed by atoms with Crippen molar-refractivity contribution >= 4 is 17.6 Å². The Morgan fingerprint density at radius 3 is 2.62 bits per heavy atom. The highest BCUT2D eigenvalue weighted by Crippen LogP contribution is 2.41. The summed E-state index contributed by atoms with van der Waals surface area (Å²) in [5.74, 6) is -1.23. The predicted octanol–water partition coefficient (Wildman–Crippen LogP) is 3.59. The Kier molecular flexibility index (Phi) is 5.57. The summed E-state index contributed by atoms with van der Waals surface area (Å²) in [4.78, 5) is 4.34. The SMILES string of the molecule is CSC1CN=C(/C=C/C2CCC(C(F)(F)F)CC2F)NC1. The van der Waals surface area contributed by atoms with E-state index >= 15 is 0 Å². The Hall–Kier alpha value is -0.720. The van der Waals surface area contributed by atoms with Crippen LogP contribution in [-0.2, 0) is 0 Å². The topological polar surface area (TPSA) is 24.4 Å². The van der Waals surface area contributed by atoms with Crippen LogP contribution >= 0.6 is 11.8 Å². The number of nitrogens with one attached hydrogen (secondary N) is 1. The molecule has 0 saturated heterocycles. The molecule has 0 aromatic carbocycles. The van der Waals surface area contributed by atoms with Gasteiger partial charge in [-0.1, -0.05) is 6.08 Å². The van der Waals surface area contributed by atoms with Crippen LogP contribution in [-0.4, -0.2) is 42.8 Å². The molecule has 0 amide bonds. The Morgan fingerprint density at radius 1 is 1.33 bits per heavy atom. The van der Waals surface area contributed by atoms with Gasteiger partial charge in [0, 0.05) is 17.7 Å². The minimum absolute atomic E-state index is 0.00732. The van der Waals surface area contributed by atoms with Crippen LogP contribution in [0.4, 0.5) is 17.6 Å². The smallest absolute Gasteiger partial charge is 0.369 e. The molecule has 1 aliphatic carbocycles. The number of aliphatic imine (C=N–C) groups is 1. The molecule has 4 unspecified atom stereocenters. The molecule has 1 N–H and O–H groups in total. The number of halogens is 4. The first-order valence-corrected chi connectivity index (χ1v) is 8.39. The van der Waals surface area contributed by atoms with E-state index < -0.39 is 30.6 Å². The Labute approximate surface area is 126 Å². The van der Waals surface area contributed by atoms with E-state index in [1.54, 1.807) is 23.9 Å². The van der Waals surface area contributed by atoms with Crippen LogP contribution < -0.4 is 5.32 Å². The van der Waals surface area contributed by atoms with Crippen molar-refractivity contribution in [1.82, 2.24) is 5.32 Å². The number of nitrogens with zero attached hydrogens (tertiary/aromatic N) is 1. The van der Waals surface area contributed by atoms with Gasteiger partial charge in [0.15, 0.2) is 0 Å². The molecule has 120 valence electrons. The quantitative estimate of drug-likeness (QED) is 0.802. The van der Waals surface area contributed by atoms with Gasteiger partial charge in [0.1, 0.15) is 12.0 Å². The highest BCUT2D eigenvalue weighted by atomic mass is 32.2. The summed E-state index contributed by atoms with van der Waals surface area (Å²) in [6, 6.07) is 0. The van der Waals surface area contributed by atoms with E-state index in [1.165, 1.54) is 0 Å². The summed E-state index contributed by atoms with van der Waals surface area (Å²) >= 11 is 1.74. The van der Waals surface area contributed by atoms with Crippen LogP contribution in [0.1, 0.15) is 19.3 Å². The van der Waals surface area contributed by atoms with E-state index in [0.29, 0.717) is 17.6 Å². The van der Waals surface area contributed by atoms with Gasteiger partial charge in [0.25, 0.3) is 0 Å². The average molecular weight is 324 g/mol. The lowest BCUT2D eigenvalue weighted by Gasteiger charge is -2.31. The third-order valence-electron chi connectivity index (χ3n) is 4.10. The molecule has 2 aliphatic rings. The number of hydrogen-bond acceptors (Lipinski definition) is 3. The molecule has 1 aliphatic heterocycles. The summed E-state index contributed by atoms with van der Waals surface area (Å²) in [5, 5.41) is 3.59. The minimum Gasteiger partial charge on any atom is -0.369 e. The summed E-state index contributed by atoms with van der Waals surface area (Å²) < 4.78 is 51.6. The van der Waals surface area contributed by atoms with Crippen molar-refractivity contribution < 1.29 is 17.6 Å². The Balaban J connectivity index is 1.87. The molecule has 2 rings (SSSR count). The van der Waals surface area contributed by atoms with Crippen LogP contribution in [0.5, 0.6) is 0 Å². The van der Waals surface area contributed by atoms with Gasteiger partial charge >= 0.3 is 6.18 Å². The van der Waals surface area contributed by atoms with Gasteiger partial charge in [0.05, 0.1) is 12.5 Å². The third kappa shape index (κ3) is 4.63. The van der Waals surface area contributed by atoms with Crippen LogP contribution in [0.15, 0.2) is 17.1 Å². The Morgan fingerprint density at radius 2 is 2.10 bits per heavy atom. The number of allylic oxidation sites excluding steroid dienone is 1. The number of rotatable bonds is 3. The summed E-state index contributed by atoms with van der Waals surface area (Å²) in [7, 11) is 0. The highest BCUT2D eigenvalue weighted by Gasteiger charge is 2.44. The van der Waals surface area contributed by atoms with Gasteiger partial charge in [-0.05, 0) is 31.6 Å². The molecular formula is C14H20F4N2S. The lowest BCUT2D eigenvalue weighted by molar-refractivity contribution is -0.188. The van der Waals surface area contributed by atoms with Crippen LogP contribution in [0.2, 0.25) is 0 Å². The van der Waals surface area contributed by atoms with Crippen LogP contribution in [0, 0.1) is 11.8 Å². The van der Waals surface area contributed by atoms with Gasteiger partial charge in [-0.15, -0.1) is 0 Å². The first-order valence-electron chi connectivity index (χ1n) is 7.10. The van der Waals surface area contributed by atoms with E-state index in [-0.39, 0.29) is 12.8 Å². The van der Waals surface area contributed by atoms with Crippen LogP contribution in [0.3, 0.4) is 0 Å². The molecule has 0 spiro atoms. The van der Waals surface area contributed by atoms with Gasteiger partial charge < -0.3 is 5.32 Å². The molecule has 0 aromatic heterocycles. The molecule has 0 bridgehead atoms. The highest BCUT2D eigenvalue weighted by molar-refractivity contribution is 7.99. The second-order valence-electron chi connectivity index (χ2n) is 5.56. The zero-order valence-electron chi connectivity index (χ0n) is 11.9. The van der Waals surface area contributed by atoms with Crippen molar-refractivity contribution in [2.75, 3.05) is 19.3 Å². The largest absolute Gasteiger partial charge is 0.391 e. The number of hydrogen-bond donors (Lipinski definition) is 1. The summed E-state index contributed by atoms with van der Waals surface area (Å²) in [6.45, 7) is 1.53. The molecule has 21 heavy (non-hydrogen) atoms. The maximum absolute atomic E-state index is 13.9. The number of thioether (sulfide) groups is 1. The first-order chi connectivity index (χ1) is 9.90. The maximum Gasteiger partial charge on any atom is 0.391 e. The molecule has 7 heteroatoms. The fraction of sp³-hybridized carbons (Fsp3) is 0.786. The van der Waals surface area contributed by atoms with Gasteiger partial charge in [-0.3, -0.25) is 4.99 Å². The van der Waals surface area contributed by atoms with E-state index in [4.69, 9.17) is 0 Å². The first kappa shape index (κ1) is 16.6. The normalized spacial score (nSPS) is 34.6. The molecule has 1 fully saturated rings. The zero-order chi connectivity index (χ0) is 15.5. The van der Waals surface area contributed by atoms with Gasteiger partial charge in [-0.2, -0.15) is 24.9 Å².